The molecule has 1 saturated carbocycles. The zero-order valence-corrected chi connectivity index (χ0v) is 10.6. The van der Waals surface area contributed by atoms with Gasteiger partial charge in [-0.15, -0.1) is 0 Å². The molecule has 2 aliphatic rings. The van der Waals surface area contributed by atoms with Crippen LogP contribution in [0.15, 0.2) is 0 Å². The lowest BCUT2D eigenvalue weighted by atomic mass is 10.2. The molecular formula is C12H22N2O2. The molecule has 1 aliphatic carbocycles. The number of hydrogen-bond acceptors (Lipinski definition) is 3. The van der Waals surface area contributed by atoms with Crippen LogP contribution >= 0.6 is 0 Å². The first-order valence-corrected chi connectivity index (χ1v) is 6.05. The van der Waals surface area contributed by atoms with Crippen molar-refractivity contribution < 1.29 is 9.53 Å². The van der Waals surface area contributed by atoms with Crippen molar-refractivity contribution in [1.82, 2.24) is 10.2 Å². The van der Waals surface area contributed by atoms with E-state index in [1.807, 2.05) is 32.7 Å². The molecule has 1 aliphatic heterocycles. The molecule has 1 heterocycles. The Balaban J connectivity index is 1.78. The fraction of sp³-hybridized carbons (Fsp3) is 0.917. The number of nitrogens with one attached hydrogen (secondary N) is 1. The van der Waals surface area contributed by atoms with Gasteiger partial charge in [0.1, 0.15) is 5.60 Å². The molecule has 0 spiro atoms. The molecule has 1 saturated heterocycles. The van der Waals surface area contributed by atoms with Crippen LogP contribution in [0.1, 0.15) is 20.8 Å². The third-order valence-corrected chi connectivity index (χ3v) is 3.46. The summed E-state index contributed by atoms with van der Waals surface area (Å²) >= 11 is 0. The average molecular weight is 226 g/mol. The summed E-state index contributed by atoms with van der Waals surface area (Å²) in [5, 5.41) is 3.21. The van der Waals surface area contributed by atoms with E-state index in [1.165, 1.54) is 0 Å². The zero-order valence-electron chi connectivity index (χ0n) is 10.6. The normalized spacial score (nSPS) is 32.5. The van der Waals surface area contributed by atoms with Crippen LogP contribution in [0.4, 0.5) is 4.79 Å². The number of carbonyl (C=O) groups excluding carboxylic acids is 1. The van der Waals surface area contributed by atoms with E-state index in [4.69, 9.17) is 4.74 Å². The van der Waals surface area contributed by atoms with E-state index in [9.17, 15) is 4.79 Å². The molecule has 3 atom stereocenters. The van der Waals surface area contributed by atoms with Gasteiger partial charge < -0.3 is 15.0 Å². The van der Waals surface area contributed by atoms with Gasteiger partial charge in [0.15, 0.2) is 0 Å². The number of rotatable bonds is 2. The lowest BCUT2D eigenvalue weighted by Gasteiger charge is -2.25. The van der Waals surface area contributed by atoms with Gasteiger partial charge in [-0.05, 0) is 52.1 Å². The number of amides is 1. The highest BCUT2D eigenvalue weighted by Crippen LogP contribution is 2.51. The Morgan fingerprint density at radius 3 is 2.38 bits per heavy atom. The minimum Gasteiger partial charge on any atom is -0.444 e. The molecule has 1 N–H and O–H groups in total. The standard InChI is InChI=1S/C12H22N2O2/c1-12(2,3)16-11(15)14-6-9-8(5-13-4)10(9)7-14/h8-10,13H,5-7H2,1-4H3/t8-,9+,10-. The van der Waals surface area contributed by atoms with Gasteiger partial charge in [0.25, 0.3) is 0 Å². The molecule has 92 valence electrons. The maximum absolute atomic E-state index is 11.8. The van der Waals surface area contributed by atoms with Crippen LogP contribution in [0.25, 0.3) is 0 Å². The van der Waals surface area contributed by atoms with Crippen LogP contribution in [-0.2, 0) is 4.74 Å². The molecule has 0 unspecified atom stereocenters. The Kier molecular flexibility index (Phi) is 2.86. The summed E-state index contributed by atoms with van der Waals surface area (Å²) in [6.07, 6.45) is -0.150. The summed E-state index contributed by atoms with van der Waals surface area (Å²) in [6.45, 7) is 8.57. The fourth-order valence-electron chi connectivity index (χ4n) is 2.66. The molecule has 16 heavy (non-hydrogen) atoms. The summed E-state index contributed by atoms with van der Waals surface area (Å²) in [5.74, 6) is 2.20. The van der Waals surface area contributed by atoms with Crippen molar-refractivity contribution in [1.29, 1.82) is 0 Å². The quantitative estimate of drug-likeness (QED) is 0.772. The summed E-state index contributed by atoms with van der Waals surface area (Å²) in [7, 11) is 1.99. The lowest BCUT2D eigenvalue weighted by Crippen LogP contribution is -2.37. The summed E-state index contributed by atoms with van der Waals surface area (Å²) in [4.78, 5) is 13.6. The minimum atomic E-state index is -0.381. The monoisotopic (exact) mass is 226 g/mol. The highest BCUT2D eigenvalue weighted by molar-refractivity contribution is 5.68. The van der Waals surface area contributed by atoms with Gasteiger partial charge in [-0.25, -0.2) is 4.79 Å². The lowest BCUT2D eigenvalue weighted by molar-refractivity contribution is 0.0266. The molecule has 0 aromatic heterocycles. The molecule has 0 aromatic rings. The maximum Gasteiger partial charge on any atom is 0.410 e. The van der Waals surface area contributed by atoms with Crippen LogP contribution in [0.3, 0.4) is 0 Å². The Bertz CT molecular complexity index is 273. The van der Waals surface area contributed by atoms with Crippen LogP contribution in [-0.4, -0.2) is 43.3 Å². The first kappa shape index (κ1) is 11.7. The van der Waals surface area contributed by atoms with Gasteiger partial charge in [-0.1, -0.05) is 0 Å². The third kappa shape index (κ3) is 2.32. The van der Waals surface area contributed by atoms with E-state index in [2.05, 4.69) is 5.32 Å². The van der Waals surface area contributed by atoms with E-state index in [0.717, 1.165) is 25.6 Å². The van der Waals surface area contributed by atoms with Crippen molar-refractivity contribution in [2.24, 2.45) is 17.8 Å². The van der Waals surface area contributed by atoms with Crippen LogP contribution < -0.4 is 5.32 Å². The number of carbonyl (C=O) groups is 1. The summed E-state index contributed by atoms with van der Waals surface area (Å²) in [5.41, 5.74) is -0.381. The van der Waals surface area contributed by atoms with Gasteiger partial charge in [0.2, 0.25) is 0 Å². The second-order valence-corrected chi connectivity index (χ2v) is 5.93. The van der Waals surface area contributed by atoms with Crippen LogP contribution in [0, 0.1) is 17.8 Å². The van der Waals surface area contributed by atoms with E-state index >= 15 is 0 Å². The Labute approximate surface area is 97.3 Å². The molecule has 0 bridgehead atoms. The first-order valence-electron chi connectivity index (χ1n) is 6.05. The topological polar surface area (TPSA) is 41.6 Å². The molecule has 0 radical (unpaired) electrons. The van der Waals surface area contributed by atoms with Crippen LogP contribution in [0.5, 0.6) is 0 Å². The van der Waals surface area contributed by atoms with E-state index in [0.29, 0.717) is 11.8 Å². The Morgan fingerprint density at radius 2 is 1.94 bits per heavy atom. The molecule has 4 nitrogen and oxygen atoms in total. The van der Waals surface area contributed by atoms with Crippen molar-refractivity contribution in [3.05, 3.63) is 0 Å². The van der Waals surface area contributed by atoms with Crippen molar-refractivity contribution in [3.8, 4) is 0 Å². The van der Waals surface area contributed by atoms with E-state index < -0.39 is 0 Å². The predicted molar refractivity (Wildman–Crippen MR) is 62.2 cm³/mol. The average Bonchev–Trinajstić information content (AvgIpc) is 2.60. The van der Waals surface area contributed by atoms with E-state index in [-0.39, 0.29) is 11.7 Å². The van der Waals surface area contributed by atoms with Gasteiger partial charge in [-0.2, -0.15) is 0 Å². The summed E-state index contributed by atoms with van der Waals surface area (Å²) < 4.78 is 5.36. The summed E-state index contributed by atoms with van der Waals surface area (Å²) in [6, 6.07) is 0. The Morgan fingerprint density at radius 1 is 1.38 bits per heavy atom. The molecular weight excluding hydrogens is 204 g/mol. The predicted octanol–water partition coefficient (Wildman–Crippen LogP) is 1.32. The minimum absolute atomic E-state index is 0.150. The Hall–Kier alpha value is -0.770. The number of fused-ring (bicyclic) bond motifs is 1. The van der Waals surface area contributed by atoms with Gasteiger partial charge in [0, 0.05) is 13.1 Å². The molecule has 0 aromatic carbocycles. The number of nitrogens with zero attached hydrogens (tertiary/aromatic N) is 1. The first-order chi connectivity index (χ1) is 7.42. The SMILES string of the molecule is CNC[C@H]1[C@H]2CN(C(=O)OC(C)(C)C)C[C@@H]12. The third-order valence-electron chi connectivity index (χ3n) is 3.46. The fourth-order valence-corrected chi connectivity index (χ4v) is 2.66. The highest BCUT2D eigenvalue weighted by atomic mass is 16.6. The zero-order chi connectivity index (χ0) is 11.9. The number of piperidine rings is 1. The van der Waals surface area contributed by atoms with Gasteiger partial charge >= 0.3 is 6.09 Å². The smallest absolute Gasteiger partial charge is 0.410 e. The van der Waals surface area contributed by atoms with Crippen LogP contribution in [0.2, 0.25) is 0 Å². The molecule has 2 rings (SSSR count). The van der Waals surface area contributed by atoms with Gasteiger partial charge in [0.05, 0.1) is 0 Å². The number of hydrogen-bond donors (Lipinski definition) is 1. The van der Waals surface area contributed by atoms with Crippen molar-refractivity contribution in [2.75, 3.05) is 26.7 Å². The molecule has 4 heteroatoms. The van der Waals surface area contributed by atoms with Gasteiger partial charge in [-0.3, -0.25) is 0 Å². The number of likely N-dealkylation sites (tertiary alicyclic amines) is 1. The largest absolute Gasteiger partial charge is 0.444 e. The second-order valence-electron chi connectivity index (χ2n) is 5.93. The highest BCUT2D eigenvalue weighted by Gasteiger charge is 2.56. The molecule has 2 fully saturated rings. The van der Waals surface area contributed by atoms with E-state index in [1.54, 1.807) is 0 Å². The van der Waals surface area contributed by atoms with Crippen molar-refractivity contribution >= 4 is 6.09 Å². The van der Waals surface area contributed by atoms with Crippen molar-refractivity contribution in [3.63, 3.8) is 0 Å². The maximum atomic E-state index is 11.8. The number of ether oxygens (including phenoxy) is 1. The second kappa shape index (κ2) is 3.91. The molecule has 1 amide bonds. The van der Waals surface area contributed by atoms with Crippen molar-refractivity contribution in [2.45, 2.75) is 26.4 Å².